The number of methoxy groups -OCH3 is 1. The van der Waals surface area contributed by atoms with Gasteiger partial charge < -0.3 is 19.7 Å². The first-order valence-corrected chi connectivity index (χ1v) is 9.92. The zero-order chi connectivity index (χ0) is 19.0. The largest absolute Gasteiger partial charge is 0.469 e. The Hall–Kier alpha value is -1.44. The molecular formula is C17H30N2O5S. The topological polar surface area (TPSA) is 84.9 Å². The van der Waals surface area contributed by atoms with Gasteiger partial charge in [0.15, 0.2) is 0 Å². The van der Waals surface area contributed by atoms with Gasteiger partial charge in [-0.25, -0.2) is 4.79 Å². The molecule has 2 unspecified atom stereocenters. The number of carbonyl (C=O) groups is 3. The van der Waals surface area contributed by atoms with Gasteiger partial charge in [-0.05, 0) is 52.0 Å². The summed E-state index contributed by atoms with van der Waals surface area (Å²) >= 11 is 1.61. The molecule has 1 saturated heterocycles. The second-order valence-corrected chi connectivity index (χ2v) is 8.11. The molecule has 1 heterocycles. The van der Waals surface area contributed by atoms with E-state index in [-0.39, 0.29) is 17.8 Å². The molecule has 0 radical (unpaired) electrons. The number of hydrogen-bond donors (Lipinski definition) is 1. The van der Waals surface area contributed by atoms with Gasteiger partial charge in [-0.15, -0.1) is 0 Å². The summed E-state index contributed by atoms with van der Waals surface area (Å²) in [6, 6.07) is -0.654. The van der Waals surface area contributed by atoms with E-state index in [2.05, 4.69) is 5.32 Å². The van der Waals surface area contributed by atoms with Gasteiger partial charge >= 0.3 is 12.1 Å². The summed E-state index contributed by atoms with van der Waals surface area (Å²) in [4.78, 5) is 38.3. The average Bonchev–Trinajstić information content (AvgIpc) is 2.55. The Labute approximate surface area is 154 Å². The van der Waals surface area contributed by atoms with E-state index < -0.39 is 17.7 Å². The smallest absolute Gasteiger partial charge is 0.408 e. The fraction of sp³-hybridized carbons (Fsp3) is 0.824. The lowest BCUT2D eigenvalue weighted by Gasteiger charge is -2.34. The third kappa shape index (κ3) is 7.54. The van der Waals surface area contributed by atoms with Crippen molar-refractivity contribution in [2.24, 2.45) is 5.92 Å². The number of hydrogen-bond acceptors (Lipinski definition) is 6. The minimum atomic E-state index is -0.654. The van der Waals surface area contributed by atoms with Gasteiger partial charge in [0.05, 0.1) is 13.0 Å². The second kappa shape index (κ2) is 9.89. The fourth-order valence-corrected chi connectivity index (χ4v) is 3.17. The van der Waals surface area contributed by atoms with Crippen LogP contribution in [0.3, 0.4) is 0 Å². The van der Waals surface area contributed by atoms with Crippen LogP contribution in [0.1, 0.15) is 40.0 Å². The third-order valence-electron chi connectivity index (χ3n) is 3.87. The number of carbonyl (C=O) groups excluding carboxylic acids is 3. The van der Waals surface area contributed by atoms with Crippen LogP contribution in [0, 0.1) is 5.92 Å². The van der Waals surface area contributed by atoms with Crippen LogP contribution in [0.5, 0.6) is 0 Å². The molecule has 25 heavy (non-hydrogen) atoms. The molecular weight excluding hydrogens is 344 g/mol. The lowest BCUT2D eigenvalue weighted by Crippen LogP contribution is -2.53. The molecule has 8 heteroatoms. The summed E-state index contributed by atoms with van der Waals surface area (Å²) < 4.78 is 10.1. The van der Waals surface area contributed by atoms with Gasteiger partial charge in [0.25, 0.3) is 0 Å². The van der Waals surface area contributed by atoms with E-state index in [4.69, 9.17) is 9.47 Å². The molecule has 0 aromatic rings. The first-order chi connectivity index (χ1) is 11.7. The van der Waals surface area contributed by atoms with Crippen LogP contribution in [-0.4, -0.2) is 66.7 Å². The number of likely N-dealkylation sites (tertiary alicyclic amines) is 1. The van der Waals surface area contributed by atoms with Crippen LogP contribution in [-0.2, 0) is 19.1 Å². The Bertz CT molecular complexity index is 478. The lowest BCUT2D eigenvalue weighted by molar-refractivity contribution is -0.149. The first-order valence-electron chi connectivity index (χ1n) is 8.53. The summed E-state index contributed by atoms with van der Waals surface area (Å²) in [7, 11) is 1.36. The normalized spacial score (nSPS) is 19.1. The van der Waals surface area contributed by atoms with Crippen LogP contribution in [0.2, 0.25) is 0 Å². The predicted molar refractivity (Wildman–Crippen MR) is 97.5 cm³/mol. The van der Waals surface area contributed by atoms with Crippen LogP contribution in [0.15, 0.2) is 0 Å². The van der Waals surface area contributed by atoms with E-state index in [0.29, 0.717) is 25.9 Å². The molecule has 0 bridgehead atoms. The Balaban J connectivity index is 2.74. The van der Waals surface area contributed by atoms with Gasteiger partial charge in [0.2, 0.25) is 5.91 Å². The molecule has 1 N–H and O–H groups in total. The van der Waals surface area contributed by atoms with E-state index >= 15 is 0 Å². The van der Waals surface area contributed by atoms with Crippen molar-refractivity contribution in [1.82, 2.24) is 10.2 Å². The molecule has 1 fully saturated rings. The molecule has 1 rings (SSSR count). The van der Waals surface area contributed by atoms with Crippen molar-refractivity contribution in [3.63, 3.8) is 0 Å². The Kier molecular flexibility index (Phi) is 8.55. The molecule has 0 aromatic carbocycles. The molecule has 0 aromatic heterocycles. The summed E-state index contributed by atoms with van der Waals surface area (Å²) in [5.41, 5.74) is -0.627. The van der Waals surface area contributed by atoms with Crippen molar-refractivity contribution in [3.05, 3.63) is 0 Å². The molecule has 0 saturated carbocycles. The van der Waals surface area contributed by atoms with E-state index in [1.54, 1.807) is 37.4 Å². The van der Waals surface area contributed by atoms with Gasteiger partial charge in [-0.1, -0.05) is 0 Å². The van der Waals surface area contributed by atoms with Crippen LogP contribution in [0.25, 0.3) is 0 Å². The number of piperidine rings is 1. The number of esters is 1. The SMILES string of the molecule is COC(=O)C1CCCN(C(=O)C(CCSC)NC(=O)OC(C)(C)C)C1. The molecule has 1 aliphatic rings. The number of amides is 2. The van der Waals surface area contributed by atoms with Gasteiger partial charge in [-0.2, -0.15) is 11.8 Å². The van der Waals surface area contributed by atoms with Crippen molar-refractivity contribution in [1.29, 1.82) is 0 Å². The monoisotopic (exact) mass is 374 g/mol. The second-order valence-electron chi connectivity index (χ2n) is 7.13. The van der Waals surface area contributed by atoms with Gasteiger partial charge in [0, 0.05) is 13.1 Å². The molecule has 1 aliphatic heterocycles. The van der Waals surface area contributed by atoms with Crippen LogP contribution < -0.4 is 5.32 Å². The maximum Gasteiger partial charge on any atom is 0.408 e. The molecule has 2 amide bonds. The fourth-order valence-electron chi connectivity index (χ4n) is 2.70. The molecule has 144 valence electrons. The number of ether oxygens (including phenoxy) is 2. The zero-order valence-electron chi connectivity index (χ0n) is 15.8. The minimum absolute atomic E-state index is 0.173. The van der Waals surface area contributed by atoms with Crippen molar-refractivity contribution >= 4 is 29.7 Å². The summed E-state index contributed by atoms with van der Waals surface area (Å²) in [5.74, 6) is -0.0299. The standard InChI is InChI=1S/C17H30N2O5S/c1-17(2,3)24-16(22)18-13(8-10-25-5)14(20)19-9-6-7-12(11-19)15(21)23-4/h12-13H,6-11H2,1-5H3,(H,18,22). The highest BCUT2D eigenvalue weighted by atomic mass is 32.2. The van der Waals surface area contributed by atoms with E-state index in [0.717, 1.165) is 12.2 Å². The van der Waals surface area contributed by atoms with Crippen molar-refractivity contribution in [3.8, 4) is 0 Å². The molecule has 0 aliphatic carbocycles. The zero-order valence-corrected chi connectivity index (χ0v) is 16.6. The van der Waals surface area contributed by atoms with Crippen LogP contribution >= 0.6 is 11.8 Å². The summed E-state index contributed by atoms with van der Waals surface area (Å²) in [6.45, 7) is 6.24. The molecule has 2 atom stereocenters. The Morgan fingerprint density at radius 3 is 2.56 bits per heavy atom. The predicted octanol–water partition coefficient (Wildman–Crippen LogP) is 2.04. The highest BCUT2D eigenvalue weighted by molar-refractivity contribution is 7.98. The van der Waals surface area contributed by atoms with E-state index in [1.165, 1.54) is 7.11 Å². The molecule has 0 spiro atoms. The van der Waals surface area contributed by atoms with Crippen molar-refractivity contribution in [2.45, 2.75) is 51.7 Å². The number of nitrogens with one attached hydrogen (secondary N) is 1. The number of alkyl carbamates (subject to hydrolysis) is 1. The van der Waals surface area contributed by atoms with Gasteiger partial charge in [0.1, 0.15) is 11.6 Å². The number of nitrogens with zero attached hydrogens (tertiary/aromatic N) is 1. The first kappa shape index (κ1) is 21.6. The van der Waals surface area contributed by atoms with Gasteiger partial charge in [-0.3, -0.25) is 9.59 Å². The summed E-state index contributed by atoms with van der Waals surface area (Å²) in [5, 5.41) is 2.68. The average molecular weight is 375 g/mol. The van der Waals surface area contributed by atoms with E-state index in [9.17, 15) is 14.4 Å². The Morgan fingerprint density at radius 2 is 2.00 bits per heavy atom. The lowest BCUT2D eigenvalue weighted by atomic mass is 9.97. The highest BCUT2D eigenvalue weighted by Gasteiger charge is 2.33. The van der Waals surface area contributed by atoms with Crippen LogP contribution in [0.4, 0.5) is 4.79 Å². The quantitative estimate of drug-likeness (QED) is 0.716. The highest BCUT2D eigenvalue weighted by Crippen LogP contribution is 2.19. The van der Waals surface area contributed by atoms with Crippen molar-refractivity contribution < 1.29 is 23.9 Å². The maximum absolute atomic E-state index is 12.9. The number of thioether (sulfide) groups is 1. The number of rotatable bonds is 6. The third-order valence-corrected chi connectivity index (χ3v) is 4.51. The summed E-state index contributed by atoms with van der Waals surface area (Å²) in [6.07, 6.45) is 3.31. The Morgan fingerprint density at radius 1 is 1.32 bits per heavy atom. The minimum Gasteiger partial charge on any atom is -0.469 e. The van der Waals surface area contributed by atoms with Crippen molar-refractivity contribution in [2.75, 3.05) is 32.2 Å². The maximum atomic E-state index is 12.9. The molecule has 7 nitrogen and oxygen atoms in total. The van der Waals surface area contributed by atoms with E-state index in [1.807, 2.05) is 6.26 Å².